The smallest absolute Gasteiger partial charge is 0.215 e. The van der Waals surface area contributed by atoms with Gasteiger partial charge in [-0.3, -0.25) is 9.67 Å². The first-order chi connectivity index (χ1) is 12.4. The fourth-order valence-electron chi connectivity index (χ4n) is 2.42. The molecule has 2 aromatic heterocycles. The van der Waals surface area contributed by atoms with Gasteiger partial charge in [0.15, 0.2) is 0 Å². The molecule has 0 saturated heterocycles. The minimum absolute atomic E-state index is 0.0477. The van der Waals surface area contributed by atoms with Crippen LogP contribution in [0.2, 0.25) is 0 Å². The van der Waals surface area contributed by atoms with Crippen molar-refractivity contribution in [1.82, 2.24) is 19.5 Å². The lowest BCUT2D eigenvalue weighted by molar-refractivity contribution is 0.559. The lowest BCUT2D eigenvalue weighted by Gasteiger charge is -2.07. The molecule has 0 aliphatic heterocycles. The van der Waals surface area contributed by atoms with Crippen LogP contribution in [0.5, 0.6) is 0 Å². The lowest BCUT2D eigenvalue weighted by Crippen LogP contribution is -2.28. The van der Waals surface area contributed by atoms with Crippen LogP contribution >= 0.6 is 0 Å². The van der Waals surface area contributed by atoms with Crippen LogP contribution in [-0.2, 0) is 22.3 Å². The number of pyridine rings is 1. The molecule has 26 heavy (non-hydrogen) atoms. The third-order valence-electron chi connectivity index (χ3n) is 3.51. The Morgan fingerprint density at radius 3 is 2.50 bits per heavy atom. The molecule has 0 radical (unpaired) electrons. The van der Waals surface area contributed by atoms with Crippen LogP contribution in [0, 0.1) is 11.6 Å². The third kappa shape index (κ3) is 4.93. The maximum Gasteiger partial charge on any atom is 0.215 e. The Bertz CT molecular complexity index is 971. The minimum Gasteiger partial charge on any atom is -0.271 e. The zero-order valence-corrected chi connectivity index (χ0v) is 14.5. The largest absolute Gasteiger partial charge is 0.271 e. The summed E-state index contributed by atoms with van der Waals surface area (Å²) in [5.74, 6) is -2.12. The van der Waals surface area contributed by atoms with Gasteiger partial charge in [-0.05, 0) is 35.9 Å². The van der Waals surface area contributed by atoms with Crippen molar-refractivity contribution in [3.63, 3.8) is 0 Å². The topological polar surface area (TPSA) is 76.9 Å². The van der Waals surface area contributed by atoms with Crippen molar-refractivity contribution in [2.45, 2.75) is 12.3 Å². The van der Waals surface area contributed by atoms with E-state index in [4.69, 9.17) is 0 Å². The summed E-state index contributed by atoms with van der Waals surface area (Å²) in [6, 6.07) is 9.95. The highest BCUT2D eigenvalue weighted by molar-refractivity contribution is 7.88. The molecule has 0 unspecified atom stereocenters. The zero-order valence-electron chi connectivity index (χ0n) is 13.6. The molecule has 6 nitrogen and oxygen atoms in total. The average molecular weight is 378 g/mol. The van der Waals surface area contributed by atoms with Crippen molar-refractivity contribution >= 4 is 10.0 Å². The summed E-state index contributed by atoms with van der Waals surface area (Å²) < 4.78 is 54.4. The van der Waals surface area contributed by atoms with Gasteiger partial charge in [0.2, 0.25) is 10.0 Å². The van der Waals surface area contributed by atoms with Gasteiger partial charge in [0.1, 0.15) is 17.3 Å². The lowest BCUT2D eigenvalue weighted by atomic mass is 10.2. The predicted molar refractivity (Wildman–Crippen MR) is 92.4 cm³/mol. The van der Waals surface area contributed by atoms with Crippen molar-refractivity contribution in [1.29, 1.82) is 0 Å². The molecule has 0 fully saturated rings. The molecule has 1 aromatic carbocycles. The number of benzene rings is 1. The second kappa shape index (κ2) is 7.71. The van der Waals surface area contributed by atoms with Crippen LogP contribution in [0.4, 0.5) is 8.78 Å². The van der Waals surface area contributed by atoms with Gasteiger partial charge in [-0.25, -0.2) is 21.9 Å². The molecule has 9 heteroatoms. The minimum atomic E-state index is -3.72. The normalized spacial score (nSPS) is 11.6. The summed E-state index contributed by atoms with van der Waals surface area (Å²) in [6.45, 7) is 0.410. The quantitative estimate of drug-likeness (QED) is 0.685. The van der Waals surface area contributed by atoms with Gasteiger partial charge in [-0.1, -0.05) is 6.07 Å². The van der Waals surface area contributed by atoms with E-state index in [1.165, 1.54) is 0 Å². The zero-order chi connectivity index (χ0) is 18.6. The Morgan fingerprint density at radius 2 is 1.81 bits per heavy atom. The number of sulfonamides is 1. The van der Waals surface area contributed by atoms with Gasteiger partial charge in [-0.15, -0.1) is 0 Å². The molecule has 0 bridgehead atoms. The van der Waals surface area contributed by atoms with E-state index in [2.05, 4.69) is 14.8 Å². The van der Waals surface area contributed by atoms with Crippen molar-refractivity contribution in [2.75, 3.05) is 6.54 Å². The first kappa shape index (κ1) is 18.2. The van der Waals surface area contributed by atoms with Crippen molar-refractivity contribution in [3.8, 4) is 11.4 Å². The number of hydrogen-bond donors (Lipinski definition) is 1. The molecule has 0 atom stereocenters. The number of aromatic nitrogens is 3. The summed E-state index contributed by atoms with van der Waals surface area (Å²) in [7, 11) is -3.72. The summed E-state index contributed by atoms with van der Waals surface area (Å²) in [5.41, 5.74) is 1.45. The SMILES string of the molecule is O=S(=O)(Cc1cc(F)cc(F)c1)NCCn1ccc(-c2ccccn2)n1. The van der Waals surface area contributed by atoms with E-state index < -0.39 is 27.4 Å². The summed E-state index contributed by atoms with van der Waals surface area (Å²) >= 11 is 0. The maximum absolute atomic E-state index is 13.1. The Morgan fingerprint density at radius 1 is 1.04 bits per heavy atom. The molecule has 3 aromatic rings. The van der Waals surface area contributed by atoms with Gasteiger partial charge in [0.05, 0.1) is 18.0 Å². The highest BCUT2D eigenvalue weighted by Gasteiger charge is 2.13. The standard InChI is InChI=1S/C17H16F2N4O2S/c18-14-9-13(10-15(19)11-14)12-26(24,25)21-6-8-23-7-4-17(22-23)16-3-1-2-5-20-16/h1-5,7,9-11,21H,6,8,12H2. The Kier molecular flexibility index (Phi) is 5.38. The Labute approximate surface area is 149 Å². The van der Waals surface area contributed by atoms with Gasteiger partial charge in [0, 0.05) is 25.0 Å². The van der Waals surface area contributed by atoms with Crippen molar-refractivity contribution in [3.05, 3.63) is 72.1 Å². The molecule has 1 N–H and O–H groups in total. The second-order valence-electron chi connectivity index (χ2n) is 5.61. The molecule has 0 spiro atoms. The Balaban J connectivity index is 1.56. The van der Waals surface area contributed by atoms with E-state index >= 15 is 0 Å². The van der Waals surface area contributed by atoms with Crippen molar-refractivity contribution in [2.24, 2.45) is 0 Å². The number of halogens is 2. The van der Waals surface area contributed by atoms with Gasteiger partial charge in [-0.2, -0.15) is 5.10 Å². The third-order valence-corrected chi connectivity index (χ3v) is 4.87. The van der Waals surface area contributed by atoms with E-state index in [0.29, 0.717) is 18.3 Å². The molecule has 0 saturated carbocycles. The molecule has 0 amide bonds. The van der Waals surface area contributed by atoms with Gasteiger partial charge in [0.25, 0.3) is 0 Å². The van der Waals surface area contributed by atoms with Gasteiger partial charge >= 0.3 is 0 Å². The number of nitrogens with one attached hydrogen (secondary N) is 1. The highest BCUT2D eigenvalue weighted by Crippen LogP contribution is 2.13. The van der Waals surface area contributed by atoms with Crippen LogP contribution in [0.1, 0.15) is 5.56 Å². The molecule has 0 aliphatic rings. The van der Waals surface area contributed by atoms with Crippen LogP contribution < -0.4 is 4.72 Å². The first-order valence-corrected chi connectivity index (χ1v) is 9.44. The fourth-order valence-corrected chi connectivity index (χ4v) is 3.53. The average Bonchev–Trinajstić information content (AvgIpc) is 3.03. The predicted octanol–water partition coefficient (Wildman–Crippen LogP) is 2.34. The molecule has 0 aliphatic carbocycles. The van der Waals surface area contributed by atoms with Crippen LogP contribution in [0.3, 0.4) is 0 Å². The number of nitrogens with zero attached hydrogens (tertiary/aromatic N) is 3. The van der Waals surface area contributed by atoms with Crippen LogP contribution in [0.15, 0.2) is 54.9 Å². The molecule has 136 valence electrons. The van der Waals surface area contributed by atoms with E-state index in [-0.39, 0.29) is 12.1 Å². The van der Waals surface area contributed by atoms with E-state index in [0.717, 1.165) is 17.8 Å². The van der Waals surface area contributed by atoms with E-state index in [1.807, 2.05) is 12.1 Å². The Hall–Kier alpha value is -2.65. The molecular weight excluding hydrogens is 362 g/mol. The summed E-state index contributed by atoms with van der Waals surface area (Å²) in [4.78, 5) is 4.19. The summed E-state index contributed by atoms with van der Waals surface area (Å²) in [6.07, 6.45) is 3.39. The van der Waals surface area contributed by atoms with Gasteiger partial charge < -0.3 is 0 Å². The molecular formula is C17H16F2N4O2S. The summed E-state index contributed by atoms with van der Waals surface area (Å²) in [5, 5.41) is 4.33. The molecule has 2 heterocycles. The van der Waals surface area contributed by atoms with Crippen LogP contribution in [-0.4, -0.2) is 29.7 Å². The first-order valence-electron chi connectivity index (χ1n) is 7.78. The highest BCUT2D eigenvalue weighted by atomic mass is 32.2. The van der Waals surface area contributed by atoms with Crippen molar-refractivity contribution < 1.29 is 17.2 Å². The van der Waals surface area contributed by atoms with Crippen LogP contribution in [0.25, 0.3) is 11.4 Å². The monoisotopic (exact) mass is 378 g/mol. The van der Waals surface area contributed by atoms with E-state index in [1.54, 1.807) is 29.2 Å². The maximum atomic E-state index is 13.1. The van der Waals surface area contributed by atoms with E-state index in [9.17, 15) is 17.2 Å². The number of hydrogen-bond acceptors (Lipinski definition) is 4. The molecule has 3 rings (SSSR count). The second-order valence-corrected chi connectivity index (χ2v) is 7.42. The number of rotatable bonds is 7. The fraction of sp³-hybridized carbons (Fsp3) is 0.176.